The molecule has 0 rings (SSSR count). The zero-order chi connectivity index (χ0) is 12.6. The summed E-state index contributed by atoms with van der Waals surface area (Å²) in [7, 11) is 0. The first-order chi connectivity index (χ1) is 7.37. The molecule has 3 nitrogen and oxygen atoms in total. The summed E-state index contributed by atoms with van der Waals surface area (Å²) in [6.07, 6.45) is -2.72. The first-order valence-corrected chi connectivity index (χ1v) is 6.35. The van der Waals surface area contributed by atoms with Crippen LogP contribution >= 0.6 is 11.8 Å². The van der Waals surface area contributed by atoms with Crippen molar-refractivity contribution in [2.45, 2.75) is 31.5 Å². The third kappa shape index (κ3) is 8.84. The van der Waals surface area contributed by atoms with Gasteiger partial charge in [0.15, 0.2) is 0 Å². The van der Waals surface area contributed by atoms with E-state index in [9.17, 15) is 18.0 Å². The average molecular weight is 258 g/mol. The Balaban J connectivity index is 3.57. The normalized spacial score (nSPS) is 13.6. The van der Waals surface area contributed by atoms with Crippen molar-refractivity contribution in [3.8, 4) is 0 Å². The first kappa shape index (κ1) is 15.6. The van der Waals surface area contributed by atoms with E-state index in [2.05, 4.69) is 5.32 Å². The van der Waals surface area contributed by atoms with Crippen LogP contribution in [-0.4, -0.2) is 36.7 Å². The highest BCUT2D eigenvalue weighted by atomic mass is 32.2. The van der Waals surface area contributed by atoms with Gasteiger partial charge in [0, 0.05) is 13.0 Å². The topological polar surface area (TPSA) is 55.1 Å². The Kier molecular flexibility index (Phi) is 7.57. The van der Waals surface area contributed by atoms with E-state index >= 15 is 0 Å². The van der Waals surface area contributed by atoms with Crippen molar-refractivity contribution >= 4 is 17.7 Å². The van der Waals surface area contributed by atoms with Gasteiger partial charge in [-0.05, 0) is 24.9 Å². The quantitative estimate of drug-likeness (QED) is 0.681. The van der Waals surface area contributed by atoms with Crippen molar-refractivity contribution in [1.29, 1.82) is 0 Å². The van der Waals surface area contributed by atoms with Gasteiger partial charge in [0.1, 0.15) is 0 Å². The molecule has 16 heavy (non-hydrogen) atoms. The molecule has 1 amide bonds. The van der Waals surface area contributed by atoms with Gasteiger partial charge < -0.3 is 11.1 Å². The van der Waals surface area contributed by atoms with Gasteiger partial charge in [0.25, 0.3) is 0 Å². The van der Waals surface area contributed by atoms with E-state index in [0.29, 0.717) is 6.42 Å². The SMILES string of the molecule is CSCC[C@@H](N)C(=O)NCCCC(F)(F)F. The van der Waals surface area contributed by atoms with E-state index in [4.69, 9.17) is 5.73 Å². The number of nitrogens with two attached hydrogens (primary N) is 1. The van der Waals surface area contributed by atoms with Crippen molar-refractivity contribution in [1.82, 2.24) is 5.32 Å². The number of carbonyl (C=O) groups excluding carboxylic acids is 1. The number of thioether (sulfide) groups is 1. The van der Waals surface area contributed by atoms with Crippen LogP contribution in [0.3, 0.4) is 0 Å². The number of alkyl halides is 3. The Labute approximate surface area is 97.3 Å². The van der Waals surface area contributed by atoms with Gasteiger partial charge in [-0.15, -0.1) is 0 Å². The van der Waals surface area contributed by atoms with Crippen LogP contribution in [0, 0.1) is 0 Å². The molecule has 0 aliphatic carbocycles. The first-order valence-electron chi connectivity index (χ1n) is 4.96. The smallest absolute Gasteiger partial charge is 0.355 e. The molecule has 0 aromatic rings. The molecular formula is C9H17F3N2OS. The van der Waals surface area contributed by atoms with Crippen LogP contribution in [0.15, 0.2) is 0 Å². The summed E-state index contributed by atoms with van der Waals surface area (Å²) >= 11 is 1.57. The standard InChI is InChI=1S/C9H17F3N2OS/c1-16-6-3-7(13)8(15)14-5-2-4-9(10,11)12/h7H,2-6,13H2,1H3,(H,14,15)/t7-/m1/s1. The van der Waals surface area contributed by atoms with Crippen molar-refractivity contribution in [2.24, 2.45) is 5.73 Å². The summed E-state index contributed by atoms with van der Waals surface area (Å²) in [5.74, 6) is 0.383. The largest absolute Gasteiger partial charge is 0.389 e. The lowest BCUT2D eigenvalue weighted by Gasteiger charge is -2.12. The summed E-state index contributed by atoms with van der Waals surface area (Å²) in [6, 6.07) is -0.627. The van der Waals surface area contributed by atoms with Gasteiger partial charge in [-0.1, -0.05) is 0 Å². The molecule has 96 valence electrons. The monoisotopic (exact) mass is 258 g/mol. The highest BCUT2D eigenvalue weighted by molar-refractivity contribution is 7.98. The minimum Gasteiger partial charge on any atom is -0.355 e. The Bertz CT molecular complexity index is 211. The van der Waals surface area contributed by atoms with E-state index in [1.165, 1.54) is 0 Å². The molecule has 0 radical (unpaired) electrons. The van der Waals surface area contributed by atoms with E-state index < -0.39 is 18.6 Å². The molecule has 0 saturated carbocycles. The van der Waals surface area contributed by atoms with Gasteiger partial charge in [-0.2, -0.15) is 24.9 Å². The molecule has 0 aliphatic rings. The number of rotatable bonds is 7. The summed E-state index contributed by atoms with van der Waals surface area (Å²) < 4.78 is 35.3. The van der Waals surface area contributed by atoms with Crippen molar-refractivity contribution in [3.63, 3.8) is 0 Å². The molecule has 0 fully saturated rings. The molecule has 1 atom stereocenters. The molecule has 0 saturated heterocycles. The van der Waals surface area contributed by atoms with Gasteiger partial charge in [0.2, 0.25) is 5.91 Å². The Morgan fingerprint density at radius 3 is 2.62 bits per heavy atom. The molecule has 0 unspecified atom stereocenters. The zero-order valence-corrected chi connectivity index (χ0v) is 9.96. The molecule has 7 heteroatoms. The lowest BCUT2D eigenvalue weighted by atomic mass is 10.2. The maximum Gasteiger partial charge on any atom is 0.389 e. The van der Waals surface area contributed by atoms with Crippen molar-refractivity contribution in [3.05, 3.63) is 0 Å². The Hall–Kier alpha value is -0.430. The molecule has 0 bridgehead atoms. The second-order valence-electron chi connectivity index (χ2n) is 3.40. The fourth-order valence-corrected chi connectivity index (χ4v) is 1.50. The lowest BCUT2D eigenvalue weighted by Crippen LogP contribution is -2.41. The van der Waals surface area contributed by atoms with Crippen LogP contribution in [0.25, 0.3) is 0 Å². The number of hydrogen-bond acceptors (Lipinski definition) is 3. The van der Waals surface area contributed by atoms with Crippen LogP contribution in [0.5, 0.6) is 0 Å². The van der Waals surface area contributed by atoms with E-state index in [-0.39, 0.29) is 18.9 Å². The second kappa shape index (κ2) is 7.78. The third-order valence-corrected chi connectivity index (χ3v) is 2.55. The molecule has 0 spiro atoms. The highest BCUT2D eigenvalue weighted by Gasteiger charge is 2.26. The van der Waals surface area contributed by atoms with Crippen LogP contribution in [0.4, 0.5) is 13.2 Å². The van der Waals surface area contributed by atoms with Crippen molar-refractivity contribution < 1.29 is 18.0 Å². The number of hydrogen-bond donors (Lipinski definition) is 2. The summed E-state index contributed by atoms with van der Waals surface area (Å²) in [6.45, 7) is 0.0192. The highest BCUT2D eigenvalue weighted by Crippen LogP contribution is 2.20. The van der Waals surface area contributed by atoms with E-state index in [0.717, 1.165) is 5.75 Å². The molecular weight excluding hydrogens is 241 g/mol. The minimum absolute atomic E-state index is 0.0192. The predicted octanol–water partition coefficient (Wildman–Crippen LogP) is 1.53. The summed E-state index contributed by atoms with van der Waals surface area (Å²) in [5.41, 5.74) is 5.52. The lowest BCUT2D eigenvalue weighted by molar-refractivity contribution is -0.136. The van der Waals surface area contributed by atoms with Crippen LogP contribution < -0.4 is 11.1 Å². The number of carbonyl (C=O) groups is 1. The minimum atomic E-state index is -4.16. The van der Waals surface area contributed by atoms with E-state index in [1.807, 2.05) is 6.26 Å². The van der Waals surface area contributed by atoms with Crippen molar-refractivity contribution in [2.75, 3.05) is 18.6 Å². The van der Waals surface area contributed by atoms with E-state index in [1.54, 1.807) is 11.8 Å². The second-order valence-corrected chi connectivity index (χ2v) is 4.38. The molecule has 0 heterocycles. The molecule has 0 aliphatic heterocycles. The van der Waals surface area contributed by atoms with Gasteiger partial charge in [0.05, 0.1) is 6.04 Å². The molecule has 0 aromatic carbocycles. The van der Waals surface area contributed by atoms with Crippen LogP contribution in [-0.2, 0) is 4.79 Å². The van der Waals surface area contributed by atoms with Gasteiger partial charge >= 0.3 is 6.18 Å². The molecule has 0 aromatic heterocycles. The Morgan fingerprint density at radius 2 is 2.12 bits per heavy atom. The fourth-order valence-electron chi connectivity index (χ4n) is 1.01. The summed E-state index contributed by atoms with van der Waals surface area (Å²) in [5, 5.41) is 2.39. The number of halogens is 3. The summed E-state index contributed by atoms with van der Waals surface area (Å²) in [4.78, 5) is 11.2. The predicted molar refractivity (Wildman–Crippen MR) is 59.3 cm³/mol. The number of nitrogens with one attached hydrogen (secondary N) is 1. The van der Waals surface area contributed by atoms with Crippen LogP contribution in [0.1, 0.15) is 19.3 Å². The van der Waals surface area contributed by atoms with Gasteiger partial charge in [-0.25, -0.2) is 0 Å². The zero-order valence-electron chi connectivity index (χ0n) is 9.14. The third-order valence-electron chi connectivity index (χ3n) is 1.91. The van der Waals surface area contributed by atoms with Gasteiger partial charge in [-0.3, -0.25) is 4.79 Å². The fraction of sp³-hybridized carbons (Fsp3) is 0.889. The average Bonchev–Trinajstić information content (AvgIpc) is 2.19. The van der Waals surface area contributed by atoms with Crippen LogP contribution in [0.2, 0.25) is 0 Å². The Morgan fingerprint density at radius 1 is 1.50 bits per heavy atom. The molecule has 3 N–H and O–H groups in total. The maximum atomic E-state index is 11.8. The number of amides is 1. The maximum absolute atomic E-state index is 11.8.